The number of ether oxygens (including phenoxy) is 1. The Morgan fingerprint density at radius 2 is 1.89 bits per heavy atom. The van der Waals surface area contributed by atoms with Crippen LogP contribution in [-0.2, 0) is 0 Å². The standard InChI is InChI=1S/C14H9F2NO/c1-9-5-6-12(10(7-9)8-17)18-13-4-2-3-11(15)14(13)16/h2-7H,1H3. The summed E-state index contributed by atoms with van der Waals surface area (Å²) in [6, 6.07) is 10.5. The van der Waals surface area contributed by atoms with Gasteiger partial charge in [-0.2, -0.15) is 9.65 Å². The Hall–Kier alpha value is -2.41. The first-order valence-electron chi connectivity index (χ1n) is 5.24. The molecule has 0 aliphatic rings. The molecule has 90 valence electrons. The van der Waals surface area contributed by atoms with Gasteiger partial charge >= 0.3 is 0 Å². The van der Waals surface area contributed by atoms with Crippen LogP contribution < -0.4 is 4.74 Å². The summed E-state index contributed by atoms with van der Waals surface area (Å²) in [4.78, 5) is 0. The van der Waals surface area contributed by atoms with Crippen LogP contribution in [0.2, 0.25) is 0 Å². The Bertz CT molecular complexity index is 632. The smallest absolute Gasteiger partial charge is 0.201 e. The van der Waals surface area contributed by atoms with Crippen LogP contribution in [0, 0.1) is 29.9 Å². The molecule has 0 aliphatic carbocycles. The van der Waals surface area contributed by atoms with Crippen LogP contribution in [0.3, 0.4) is 0 Å². The molecule has 0 heterocycles. The molecule has 2 aromatic rings. The van der Waals surface area contributed by atoms with E-state index < -0.39 is 11.6 Å². The maximum absolute atomic E-state index is 13.4. The van der Waals surface area contributed by atoms with Crippen LogP contribution in [0.25, 0.3) is 0 Å². The molecule has 0 aromatic heterocycles. The molecule has 2 nitrogen and oxygen atoms in total. The van der Waals surface area contributed by atoms with Gasteiger partial charge in [0.2, 0.25) is 5.82 Å². The molecule has 0 spiro atoms. The van der Waals surface area contributed by atoms with Gasteiger partial charge in [0, 0.05) is 0 Å². The quantitative estimate of drug-likeness (QED) is 0.802. The number of hydrogen-bond acceptors (Lipinski definition) is 2. The average molecular weight is 245 g/mol. The number of halogens is 2. The minimum atomic E-state index is -1.07. The van der Waals surface area contributed by atoms with E-state index >= 15 is 0 Å². The number of nitriles is 1. The molecule has 4 heteroatoms. The van der Waals surface area contributed by atoms with Crippen molar-refractivity contribution in [3.05, 3.63) is 59.2 Å². The molecular formula is C14H9F2NO. The Kier molecular flexibility index (Phi) is 3.24. The van der Waals surface area contributed by atoms with Crippen molar-refractivity contribution >= 4 is 0 Å². The van der Waals surface area contributed by atoms with Gasteiger partial charge in [0.15, 0.2) is 11.6 Å². The Morgan fingerprint density at radius 3 is 2.61 bits per heavy atom. The summed E-state index contributed by atoms with van der Waals surface area (Å²) in [7, 11) is 0. The van der Waals surface area contributed by atoms with Gasteiger partial charge < -0.3 is 4.74 Å². The van der Waals surface area contributed by atoms with E-state index in [-0.39, 0.29) is 17.1 Å². The van der Waals surface area contributed by atoms with E-state index in [9.17, 15) is 8.78 Å². The molecule has 0 unspecified atom stereocenters. The van der Waals surface area contributed by atoms with Gasteiger partial charge in [-0.05, 0) is 36.8 Å². The third kappa shape index (κ3) is 2.30. The van der Waals surface area contributed by atoms with Gasteiger partial charge in [-0.3, -0.25) is 0 Å². The van der Waals surface area contributed by atoms with Gasteiger partial charge in [-0.15, -0.1) is 0 Å². The third-order valence-corrected chi connectivity index (χ3v) is 2.39. The van der Waals surface area contributed by atoms with Crippen LogP contribution in [0.5, 0.6) is 11.5 Å². The molecule has 2 rings (SSSR count). The SMILES string of the molecule is Cc1ccc(Oc2cccc(F)c2F)c(C#N)c1. The minimum absolute atomic E-state index is 0.201. The summed E-state index contributed by atoms with van der Waals surface area (Å²) in [5.41, 5.74) is 1.16. The summed E-state index contributed by atoms with van der Waals surface area (Å²) in [6.45, 7) is 1.83. The molecule has 0 saturated heterocycles. The second-order valence-electron chi connectivity index (χ2n) is 3.77. The monoisotopic (exact) mass is 245 g/mol. The highest BCUT2D eigenvalue weighted by Crippen LogP contribution is 2.28. The van der Waals surface area contributed by atoms with E-state index in [1.165, 1.54) is 12.1 Å². The minimum Gasteiger partial charge on any atom is -0.453 e. The Morgan fingerprint density at radius 1 is 1.11 bits per heavy atom. The van der Waals surface area contributed by atoms with Crippen molar-refractivity contribution in [1.82, 2.24) is 0 Å². The first-order valence-corrected chi connectivity index (χ1v) is 5.24. The fraction of sp³-hybridized carbons (Fsp3) is 0.0714. The highest BCUT2D eigenvalue weighted by Gasteiger charge is 2.11. The van der Waals surface area contributed by atoms with Crippen LogP contribution in [0.1, 0.15) is 11.1 Å². The topological polar surface area (TPSA) is 33.0 Å². The van der Waals surface area contributed by atoms with Crippen molar-refractivity contribution < 1.29 is 13.5 Å². The molecule has 0 bridgehead atoms. The zero-order chi connectivity index (χ0) is 13.1. The molecule has 0 N–H and O–H groups in total. The summed E-state index contributed by atoms with van der Waals surface area (Å²) in [5.74, 6) is -2.09. The Labute approximate surface area is 103 Å². The molecule has 0 amide bonds. The lowest BCUT2D eigenvalue weighted by Crippen LogP contribution is -1.93. The zero-order valence-corrected chi connectivity index (χ0v) is 9.58. The summed E-state index contributed by atoms with van der Waals surface area (Å²) in [6.07, 6.45) is 0. The molecule has 0 radical (unpaired) electrons. The van der Waals surface area contributed by atoms with Crippen molar-refractivity contribution in [1.29, 1.82) is 5.26 Å². The van der Waals surface area contributed by atoms with E-state index in [0.717, 1.165) is 11.6 Å². The van der Waals surface area contributed by atoms with E-state index in [1.54, 1.807) is 18.2 Å². The predicted molar refractivity (Wildman–Crippen MR) is 62.3 cm³/mol. The Balaban J connectivity index is 2.41. The first kappa shape index (κ1) is 12.1. The summed E-state index contributed by atoms with van der Waals surface area (Å²) >= 11 is 0. The number of hydrogen-bond donors (Lipinski definition) is 0. The van der Waals surface area contributed by atoms with Gasteiger partial charge in [-0.25, -0.2) is 4.39 Å². The van der Waals surface area contributed by atoms with Crippen molar-refractivity contribution in [2.24, 2.45) is 0 Å². The van der Waals surface area contributed by atoms with E-state index in [4.69, 9.17) is 10.00 Å². The van der Waals surface area contributed by atoms with Crippen LogP contribution in [0.4, 0.5) is 8.78 Å². The lowest BCUT2D eigenvalue weighted by atomic mass is 10.1. The largest absolute Gasteiger partial charge is 0.453 e. The van der Waals surface area contributed by atoms with E-state index in [2.05, 4.69) is 0 Å². The van der Waals surface area contributed by atoms with Gasteiger partial charge in [0.25, 0.3) is 0 Å². The third-order valence-electron chi connectivity index (χ3n) is 2.39. The van der Waals surface area contributed by atoms with Crippen LogP contribution in [-0.4, -0.2) is 0 Å². The maximum Gasteiger partial charge on any atom is 0.201 e. The van der Waals surface area contributed by atoms with Crippen molar-refractivity contribution in [2.75, 3.05) is 0 Å². The second kappa shape index (κ2) is 4.84. The zero-order valence-electron chi connectivity index (χ0n) is 9.58. The second-order valence-corrected chi connectivity index (χ2v) is 3.77. The highest BCUT2D eigenvalue weighted by molar-refractivity contribution is 5.47. The van der Waals surface area contributed by atoms with Gasteiger partial charge in [0.1, 0.15) is 11.8 Å². The lowest BCUT2D eigenvalue weighted by molar-refractivity contribution is 0.415. The molecule has 2 aromatic carbocycles. The fourth-order valence-corrected chi connectivity index (χ4v) is 1.50. The fourth-order valence-electron chi connectivity index (χ4n) is 1.50. The normalized spacial score (nSPS) is 9.89. The van der Waals surface area contributed by atoms with Gasteiger partial charge in [-0.1, -0.05) is 12.1 Å². The van der Waals surface area contributed by atoms with Crippen molar-refractivity contribution in [2.45, 2.75) is 6.92 Å². The van der Waals surface area contributed by atoms with E-state index in [1.807, 2.05) is 13.0 Å². The first-order chi connectivity index (χ1) is 8.61. The maximum atomic E-state index is 13.4. The van der Waals surface area contributed by atoms with Crippen LogP contribution >= 0.6 is 0 Å². The van der Waals surface area contributed by atoms with Gasteiger partial charge in [0.05, 0.1) is 5.56 Å². The molecule has 18 heavy (non-hydrogen) atoms. The molecule has 0 fully saturated rings. The summed E-state index contributed by atoms with van der Waals surface area (Å²) in [5, 5.41) is 8.95. The molecule has 0 atom stereocenters. The molecule has 0 aliphatic heterocycles. The number of nitrogens with zero attached hydrogens (tertiary/aromatic N) is 1. The summed E-state index contributed by atoms with van der Waals surface area (Å²) < 4.78 is 31.7. The van der Waals surface area contributed by atoms with Crippen LogP contribution in [0.15, 0.2) is 36.4 Å². The van der Waals surface area contributed by atoms with Crippen molar-refractivity contribution in [3.63, 3.8) is 0 Å². The number of rotatable bonds is 2. The molecular weight excluding hydrogens is 236 g/mol. The van der Waals surface area contributed by atoms with Crippen molar-refractivity contribution in [3.8, 4) is 17.6 Å². The highest BCUT2D eigenvalue weighted by atomic mass is 19.2. The average Bonchev–Trinajstić information content (AvgIpc) is 2.37. The molecule has 0 saturated carbocycles. The van der Waals surface area contributed by atoms with E-state index in [0.29, 0.717) is 0 Å². The number of aryl methyl sites for hydroxylation is 1. The predicted octanol–water partition coefficient (Wildman–Crippen LogP) is 3.94. The lowest BCUT2D eigenvalue weighted by Gasteiger charge is -2.08. The number of benzene rings is 2.